The number of rotatable bonds is 7. The molecule has 0 saturated heterocycles. The summed E-state index contributed by atoms with van der Waals surface area (Å²) in [5.74, 6) is 0. The Morgan fingerprint density at radius 2 is 1.80 bits per heavy atom. The normalized spacial score (nSPS) is 10.0. The first-order valence-electron chi connectivity index (χ1n) is 3.60. The quantitative estimate of drug-likeness (QED) is 0.319. The molecule has 0 heterocycles. The topological polar surface area (TPSA) is 44.5 Å². The van der Waals surface area contributed by atoms with Gasteiger partial charge >= 0.3 is 78.5 Å². The third-order valence-corrected chi connectivity index (χ3v) is 1.78. The molecule has 0 saturated carbocycles. The van der Waals surface area contributed by atoms with Gasteiger partial charge in [0.1, 0.15) is 0 Å². The van der Waals surface area contributed by atoms with Gasteiger partial charge in [-0.1, -0.05) is 0 Å². The van der Waals surface area contributed by atoms with Crippen LogP contribution in [0.1, 0.15) is 25.7 Å². The van der Waals surface area contributed by atoms with E-state index in [0.717, 1.165) is 26.0 Å². The molecular weight excluding hydrogens is 322 g/mol. The van der Waals surface area contributed by atoms with Crippen molar-refractivity contribution in [3.8, 4) is 0 Å². The van der Waals surface area contributed by atoms with Crippen LogP contribution >= 0.6 is 0 Å². The van der Waals surface area contributed by atoms with Crippen molar-refractivity contribution < 1.29 is 7.73 Å². The van der Waals surface area contributed by atoms with Crippen LogP contribution in [0, 0.1) is 0 Å². The van der Waals surface area contributed by atoms with Gasteiger partial charge in [-0.25, -0.2) is 0 Å². The first-order chi connectivity index (χ1) is 4.91. The summed E-state index contributed by atoms with van der Waals surface area (Å²) < 4.78 is 4.59. The summed E-state index contributed by atoms with van der Waals surface area (Å²) >= 11 is 0.494. The van der Waals surface area contributed by atoms with Crippen LogP contribution in [0.2, 0.25) is 0 Å². The van der Waals surface area contributed by atoms with Crippen molar-refractivity contribution in [2.45, 2.75) is 25.7 Å². The fraction of sp³-hybridized carbons (Fsp3) is 1.00. The van der Waals surface area contributed by atoms with E-state index in [0.29, 0.717) is 26.2 Å². The predicted molar refractivity (Wildman–Crippen MR) is 40.3 cm³/mol. The molecule has 0 aromatic rings. The molecule has 0 aliphatic heterocycles. The average Bonchev–Trinajstić information content (AvgIpc) is 1.97. The molecule has 3 nitrogen and oxygen atoms in total. The van der Waals surface area contributed by atoms with Crippen molar-refractivity contribution in [2.75, 3.05) is 13.2 Å². The van der Waals surface area contributed by atoms with Gasteiger partial charge in [0.25, 0.3) is 0 Å². The van der Waals surface area contributed by atoms with Crippen LogP contribution in [0.3, 0.4) is 0 Å². The monoisotopic (exact) mass is 337 g/mol. The van der Waals surface area contributed by atoms with Crippen molar-refractivity contribution in [3.63, 3.8) is 0 Å². The van der Waals surface area contributed by atoms with Gasteiger partial charge in [-0.2, -0.15) is 0 Å². The molecule has 10 heavy (non-hydrogen) atoms. The summed E-state index contributed by atoms with van der Waals surface area (Å²) in [6, 6.07) is 0. The van der Waals surface area contributed by atoms with Gasteiger partial charge in [0.05, 0.1) is 0 Å². The Hall–Kier alpha value is 0.802. The molecule has 0 aliphatic rings. The molecule has 2 N–H and O–H groups in total. The van der Waals surface area contributed by atoms with Gasteiger partial charge in [-0.05, 0) is 0 Å². The summed E-state index contributed by atoms with van der Waals surface area (Å²) in [6.07, 6.45) is 4.63. The Labute approximate surface area is 78.5 Å². The molecular formula is C6H14NO2Tl. The van der Waals surface area contributed by atoms with Crippen LogP contribution in [0.25, 0.3) is 0 Å². The maximum atomic E-state index is 5.32. The van der Waals surface area contributed by atoms with Gasteiger partial charge in [-0.15, -0.1) is 0 Å². The zero-order chi connectivity index (χ0) is 7.66. The van der Waals surface area contributed by atoms with E-state index in [4.69, 9.17) is 10.6 Å². The SMILES string of the molecule is NCCCCCCO[O][Tl]. The van der Waals surface area contributed by atoms with Crippen LogP contribution < -0.4 is 5.73 Å². The van der Waals surface area contributed by atoms with Crippen LogP contribution in [0.4, 0.5) is 0 Å². The van der Waals surface area contributed by atoms with E-state index in [2.05, 4.69) is 2.84 Å². The molecule has 0 aromatic carbocycles. The molecule has 0 radical (unpaired) electrons. The third-order valence-electron chi connectivity index (χ3n) is 1.25. The molecule has 0 fully saturated rings. The van der Waals surface area contributed by atoms with E-state index in [9.17, 15) is 0 Å². The molecule has 0 aromatic heterocycles. The number of hydrogen-bond acceptors (Lipinski definition) is 3. The Morgan fingerprint density at radius 1 is 1.10 bits per heavy atom. The van der Waals surface area contributed by atoms with Gasteiger partial charge < -0.3 is 0 Å². The average molecular weight is 337 g/mol. The molecule has 0 atom stereocenters. The van der Waals surface area contributed by atoms with Crippen LogP contribution in [-0.2, 0) is 7.73 Å². The number of nitrogens with two attached hydrogens (primary N) is 1. The van der Waals surface area contributed by atoms with Crippen molar-refractivity contribution in [1.29, 1.82) is 0 Å². The van der Waals surface area contributed by atoms with Crippen molar-refractivity contribution in [2.24, 2.45) is 5.73 Å². The Kier molecular flexibility index (Phi) is 10.6. The molecule has 0 aliphatic carbocycles. The van der Waals surface area contributed by atoms with Crippen molar-refractivity contribution in [1.82, 2.24) is 0 Å². The van der Waals surface area contributed by atoms with Gasteiger partial charge in [0.2, 0.25) is 0 Å². The van der Waals surface area contributed by atoms with E-state index >= 15 is 0 Å². The summed E-state index contributed by atoms with van der Waals surface area (Å²) in [5, 5.41) is 0. The van der Waals surface area contributed by atoms with Crippen LogP contribution in [-0.4, -0.2) is 39.4 Å². The number of unbranched alkanes of at least 4 members (excludes halogenated alkanes) is 3. The molecule has 0 rings (SSSR count). The predicted octanol–water partition coefficient (Wildman–Crippen LogP) is 0.537. The second kappa shape index (κ2) is 9.80. The Balaban J connectivity index is 2.65. The molecule has 4 heteroatoms. The van der Waals surface area contributed by atoms with Crippen LogP contribution in [0.5, 0.6) is 0 Å². The maximum absolute atomic E-state index is 5.32. The van der Waals surface area contributed by atoms with E-state index in [-0.39, 0.29) is 0 Å². The molecule has 0 bridgehead atoms. The molecule has 0 amide bonds. The molecule has 0 unspecified atom stereocenters. The number of hydrogen-bond donors (Lipinski definition) is 1. The van der Waals surface area contributed by atoms with Gasteiger partial charge in [0.15, 0.2) is 0 Å². The van der Waals surface area contributed by atoms with E-state index < -0.39 is 0 Å². The standard InChI is InChI=1S/C6H15NO2.Tl/c7-5-3-1-2-4-6-9-8;/h8H,1-7H2;/q;+1/p-1. The van der Waals surface area contributed by atoms with Crippen LogP contribution in [0.15, 0.2) is 0 Å². The zero-order valence-electron chi connectivity index (χ0n) is 6.21. The third kappa shape index (κ3) is 8.80. The summed E-state index contributed by atoms with van der Waals surface area (Å²) in [7, 11) is 0. The minimum atomic E-state index is 0.494. The first-order valence-corrected chi connectivity index (χ1v) is 5.43. The summed E-state index contributed by atoms with van der Waals surface area (Å²) in [6.45, 7) is 1.54. The fourth-order valence-electron chi connectivity index (χ4n) is 0.707. The fourth-order valence-corrected chi connectivity index (χ4v) is 1.08. The summed E-state index contributed by atoms with van der Waals surface area (Å²) in [5.41, 5.74) is 5.32. The Morgan fingerprint density at radius 3 is 2.40 bits per heavy atom. The molecule has 58 valence electrons. The molecule has 0 spiro atoms. The Bertz CT molecular complexity index is 55.7. The second-order valence-electron chi connectivity index (χ2n) is 2.12. The van der Waals surface area contributed by atoms with E-state index in [1.807, 2.05) is 0 Å². The van der Waals surface area contributed by atoms with Gasteiger partial charge in [0, 0.05) is 0 Å². The van der Waals surface area contributed by atoms with E-state index in [1.165, 1.54) is 12.8 Å². The first kappa shape index (κ1) is 10.8. The zero-order valence-corrected chi connectivity index (χ0v) is 10.7. The minimum absolute atomic E-state index is 0.494. The van der Waals surface area contributed by atoms with E-state index in [1.54, 1.807) is 0 Å². The second-order valence-corrected chi connectivity index (χ2v) is 2.87. The van der Waals surface area contributed by atoms with Crippen molar-refractivity contribution in [3.05, 3.63) is 0 Å². The van der Waals surface area contributed by atoms with Gasteiger partial charge in [-0.3, -0.25) is 0 Å². The summed E-state index contributed by atoms with van der Waals surface area (Å²) in [4.78, 5) is 4.76. The van der Waals surface area contributed by atoms with Crippen molar-refractivity contribution >= 4 is 26.2 Å².